The van der Waals surface area contributed by atoms with Gasteiger partial charge in [0.25, 0.3) is 17.5 Å². The number of likely N-dealkylation sites (N-methyl/N-ethyl adjacent to an activating group) is 1. The molecule has 0 heterocycles. The van der Waals surface area contributed by atoms with E-state index in [1.54, 1.807) is 35.2 Å². The predicted molar refractivity (Wildman–Crippen MR) is 111 cm³/mol. The zero-order valence-electron chi connectivity index (χ0n) is 15.5. The standard InChI is InChI=1S/C20H20BrN3O4/c1-3-23(4-2)20(26)18(13-14-6-5-7-17(12-14)24(27)28)22-19(25)15-8-10-16(21)11-9-15/h5-13H,3-4H2,1-2H3,(H,22,25)/b18-13-. The van der Waals surface area contributed by atoms with Gasteiger partial charge in [-0.15, -0.1) is 0 Å². The van der Waals surface area contributed by atoms with E-state index in [1.165, 1.54) is 24.3 Å². The summed E-state index contributed by atoms with van der Waals surface area (Å²) in [6.07, 6.45) is 1.45. The number of hydrogen-bond donors (Lipinski definition) is 1. The monoisotopic (exact) mass is 445 g/mol. The van der Waals surface area contributed by atoms with Gasteiger partial charge in [0.15, 0.2) is 0 Å². The van der Waals surface area contributed by atoms with Crippen molar-refractivity contribution in [2.24, 2.45) is 0 Å². The summed E-state index contributed by atoms with van der Waals surface area (Å²) in [5.41, 5.74) is 0.793. The Morgan fingerprint density at radius 2 is 1.79 bits per heavy atom. The van der Waals surface area contributed by atoms with E-state index in [9.17, 15) is 19.7 Å². The lowest BCUT2D eigenvalue weighted by Gasteiger charge is -2.21. The first-order chi connectivity index (χ1) is 13.3. The minimum Gasteiger partial charge on any atom is -0.338 e. The number of rotatable bonds is 7. The summed E-state index contributed by atoms with van der Waals surface area (Å²) >= 11 is 3.31. The summed E-state index contributed by atoms with van der Waals surface area (Å²) < 4.78 is 0.829. The molecule has 0 spiro atoms. The van der Waals surface area contributed by atoms with Crippen LogP contribution in [-0.2, 0) is 4.79 Å². The molecule has 2 amide bonds. The SMILES string of the molecule is CCN(CC)C(=O)/C(=C/c1cccc([N+](=O)[O-])c1)NC(=O)c1ccc(Br)cc1. The number of nitro benzene ring substituents is 1. The fourth-order valence-electron chi connectivity index (χ4n) is 2.52. The molecule has 0 unspecified atom stereocenters. The molecule has 0 aromatic heterocycles. The molecule has 2 rings (SSSR count). The van der Waals surface area contributed by atoms with Crippen LogP contribution in [0.15, 0.2) is 58.7 Å². The molecule has 7 nitrogen and oxygen atoms in total. The predicted octanol–water partition coefficient (Wildman–Crippen LogP) is 4.00. The van der Waals surface area contributed by atoms with Gasteiger partial charge in [0.05, 0.1) is 4.92 Å². The van der Waals surface area contributed by atoms with Crippen LogP contribution in [0, 0.1) is 10.1 Å². The number of halogens is 1. The number of nitro groups is 1. The quantitative estimate of drug-likeness (QED) is 0.396. The van der Waals surface area contributed by atoms with Crippen molar-refractivity contribution < 1.29 is 14.5 Å². The number of benzene rings is 2. The number of nitrogens with one attached hydrogen (secondary N) is 1. The fourth-order valence-corrected chi connectivity index (χ4v) is 2.79. The molecule has 8 heteroatoms. The van der Waals surface area contributed by atoms with Crippen molar-refractivity contribution >= 4 is 39.5 Å². The second-order valence-electron chi connectivity index (χ2n) is 5.85. The van der Waals surface area contributed by atoms with Gasteiger partial charge in [-0.1, -0.05) is 28.1 Å². The van der Waals surface area contributed by atoms with Crippen LogP contribution in [0.1, 0.15) is 29.8 Å². The summed E-state index contributed by atoms with van der Waals surface area (Å²) in [5, 5.41) is 13.6. The third-order valence-electron chi connectivity index (χ3n) is 4.03. The third kappa shape index (κ3) is 5.50. The van der Waals surface area contributed by atoms with Crippen molar-refractivity contribution in [3.8, 4) is 0 Å². The molecule has 0 aliphatic heterocycles. The molecule has 28 heavy (non-hydrogen) atoms. The van der Waals surface area contributed by atoms with Crippen LogP contribution in [0.4, 0.5) is 5.69 Å². The zero-order chi connectivity index (χ0) is 20.7. The first-order valence-electron chi connectivity index (χ1n) is 8.68. The Labute approximate surface area is 171 Å². The van der Waals surface area contributed by atoms with Crippen molar-refractivity contribution in [2.75, 3.05) is 13.1 Å². The first kappa shape index (κ1) is 21.3. The maximum absolute atomic E-state index is 12.9. The van der Waals surface area contributed by atoms with E-state index in [2.05, 4.69) is 21.2 Å². The van der Waals surface area contributed by atoms with Gasteiger partial charge in [-0.25, -0.2) is 0 Å². The highest BCUT2D eigenvalue weighted by molar-refractivity contribution is 9.10. The van der Waals surface area contributed by atoms with Gasteiger partial charge in [0.2, 0.25) is 0 Å². The Bertz CT molecular complexity index is 906. The Morgan fingerprint density at radius 3 is 2.36 bits per heavy atom. The Kier molecular flexibility index (Phi) is 7.45. The summed E-state index contributed by atoms with van der Waals surface area (Å²) in [5.74, 6) is -0.799. The van der Waals surface area contributed by atoms with Crippen molar-refractivity contribution in [1.82, 2.24) is 10.2 Å². The molecule has 0 bridgehead atoms. The van der Waals surface area contributed by atoms with Crippen LogP contribution >= 0.6 is 15.9 Å². The average molecular weight is 446 g/mol. The summed E-state index contributed by atoms with van der Waals surface area (Å²) in [4.78, 5) is 37.5. The van der Waals surface area contributed by atoms with Gasteiger partial charge in [-0.2, -0.15) is 0 Å². The number of carbonyl (C=O) groups is 2. The molecule has 0 aliphatic carbocycles. The second-order valence-corrected chi connectivity index (χ2v) is 6.76. The largest absolute Gasteiger partial charge is 0.338 e. The van der Waals surface area contributed by atoms with Gasteiger partial charge in [0.1, 0.15) is 5.70 Å². The Balaban J connectivity index is 2.40. The zero-order valence-corrected chi connectivity index (χ0v) is 17.1. The van der Waals surface area contributed by atoms with E-state index in [-0.39, 0.29) is 17.3 Å². The van der Waals surface area contributed by atoms with Crippen molar-refractivity contribution in [3.05, 3.63) is 79.9 Å². The third-order valence-corrected chi connectivity index (χ3v) is 4.56. The summed E-state index contributed by atoms with van der Waals surface area (Å²) in [7, 11) is 0. The smallest absolute Gasteiger partial charge is 0.270 e. The topological polar surface area (TPSA) is 92.6 Å². The van der Waals surface area contributed by atoms with Crippen LogP contribution in [0.5, 0.6) is 0 Å². The Morgan fingerprint density at radius 1 is 1.14 bits per heavy atom. The molecule has 0 saturated heterocycles. The molecule has 0 fully saturated rings. The van der Waals surface area contributed by atoms with Crippen LogP contribution in [-0.4, -0.2) is 34.7 Å². The van der Waals surface area contributed by atoms with E-state index in [4.69, 9.17) is 0 Å². The van der Waals surface area contributed by atoms with Crippen molar-refractivity contribution in [1.29, 1.82) is 0 Å². The van der Waals surface area contributed by atoms with E-state index >= 15 is 0 Å². The normalized spacial score (nSPS) is 11.0. The van der Waals surface area contributed by atoms with Crippen molar-refractivity contribution in [3.63, 3.8) is 0 Å². The molecule has 2 aromatic rings. The number of amides is 2. The highest BCUT2D eigenvalue weighted by Crippen LogP contribution is 2.17. The van der Waals surface area contributed by atoms with Gasteiger partial charge in [-0.3, -0.25) is 19.7 Å². The molecular formula is C20H20BrN3O4. The molecule has 0 radical (unpaired) electrons. The molecule has 0 saturated carbocycles. The van der Waals surface area contributed by atoms with E-state index in [0.717, 1.165) is 4.47 Å². The molecule has 2 aromatic carbocycles. The number of non-ortho nitro benzene ring substituents is 1. The van der Waals surface area contributed by atoms with Gasteiger partial charge in [-0.05, 0) is 49.8 Å². The summed E-state index contributed by atoms with van der Waals surface area (Å²) in [6, 6.07) is 12.6. The number of carbonyl (C=O) groups excluding carboxylic acids is 2. The first-order valence-corrected chi connectivity index (χ1v) is 9.47. The highest BCUT2D eigenvalue weighted by Gasteiger charge is 2.19. The van der Waals surface area contributed by atoms with E-state index in [1.807, 2.05) is 13.8 Å². The lowest BCUT2D eigenvalue weighted by Crippen LogP contribution is -2.38. The maximum Gasteiger partial charge on any atom is 0.270 e. The molecule has 0 atom stereocenters. The minimum absolute atomic E-state index is 0.0529. The van der Waals surface area contributed by atoms with Crippen molar-refractivity contribution in [2.45, 2.75) is 13.8 Å². The minimum atomic E-state index is -0.510. The maximum atomic E-state index is 12.9. The number of hydrogen-bond acceptors (Lipinski definition) is 4. The van der Waals surface area contributed by atoms with Gasteiger partial charge in [0, 0.05) is 35.3 Å². The van der Waals surface area contributed by atoms with Crippen LogP contribution in [0.2, 0.25) is 0 Å². The molecule has 146 valence electrons. The average Bonchev–Trinajstić information content (AvgIpc) is 2.69. The Hall–Kier alpha value is -3.00. The van der Waals surface area contributed by atoms with Gasteiger partial charge < -0.3 is 10.2 Å². The molecule has 1 N–H and O–H groups in total. The lowest BCUT2D eigenvalue weighted by atomic mass is 10.1. The molecular weight excluding hydrogens is 426 g/mol. The van der Waals surface area contributed by atoms with E-state index in [0.29, 0.717) is 24.2 Å². The van der Waals surface area contributed by atoms with Crippen LogP contribution < -0.4 is 5.32 Å². The second kappa shape index (κ2) is 9.80. The van der Waals surface area contributed by atoms with Crippen LogP contribution in [0.25, 0.3) is 6.08 Å². The lowest BCUT2D eigenvalue weighted by molar-refractivity contribution is -0.384. The van der Waals surface area contributed by atoms with E-state index < -0.39 is 10.8 Å². The summed E-state index contributed by atoms with van der Waals surface area (Å²) in [6.45, 7) is 4.61. The van der Waals surface area contributed by atoms with Gasteiger partial charge >= 0.3 is 0 Å². The number of nitrogens with zero attached hydrogens (tertiary/aromatic N) is 2. The highest BCUT2D eigenvalue weighted by atomic mass is 79.9. The van der Waals surface area contributed by atoms with Crippen LogP contribution in [0.3, 0.4) is 0 Å². The fraction of sp³-hybridized carbons (Fsp3) is 0.200. The molecule has 0 aliphatic rings.